The predicted octanol–water partition coefficient (Wildman–Crippen LogP) is 4.17. The number of carbonyl (C=O) groups is 2. The number of amides is 2. The van der Waals surface area contributed by atoms with E-state index in [1.807, 2.05) is 19.1 Å². The van der Waals surface area contributed by atoms with E-state index in [1.165, 1.54) is 11.0 Å². The summed E-state index contributed by atoms with van der Waals surface area (Å²) >= 11 is 6.29. The minimum atomic E-state index is -0.246. The van der Waals surface area contributed by atoms with Crippen molar-refractivity contribution in [2.75, 3.05) is 27.8 Å². The van der Waals surface area contributed by atoms with Gasteiger partial charge in [-0.3, -0.25) is 9.59 Å². The molecule has 0 fully saturated rings. The Hall–Kier alpha value is -2.99. The molecule has 0 aromatic heterocycles. The molecular weight excluding hydrogens is 404 g/mol. The molecule has 2 amide bonds. The van der Waals surface area contributed by atoms with Crippen molar-refractivity contribution in [3.05, 3.63) is 64.2 Å². The second-order valence-corrected chi connectivity index (χ2v) is 7.24. The number of methoxy groups -OCH3 is 1. The summed E-state index contributed by atoms with van der Waals surface area (Å²) in [5.74, 6) is 0.709. The zero-order valence-electron chi connectivity index (χ0n) is 17.7. The first-order valence-corrected chi connectivity index (χ1v) is 10.00. The molecule has 2 aromatic carbocycles. The van der Waals surface area contributed by atoms with Gasteiger partial charge in [0.1, 0.15) is 0 Å². The average molecular weight is 431 g/mol. The van der Waals surface area contributed by atoms with Crippen molar-refractivity contribution in [1.82, 2.24) is 10.2 Å². The highest BCUT2D eigenvalue weighted by molar-refractivity contribution is 6.32. The second-order valence-electron chi connectivity index (χ2n) is 6.83. The summed E-state index contributed by atoms with van der Waals surface area (Å²) in [5.41, 5.74) is 2.23. The highest BCUT2D eigenvalue weighted by atomic mass is 35.5. The van der Waals surface area contributed by atoms with Gasteiger partial charge in [-0.05, 0) is 47.9 Å². The van der Waals surface area contributed by atoms with Gasteiger partial charge in [-0.1, -0.05) is 30.7 Å². The molecule has 0 spiro atoms. The van der Waals surface area contributed by atoms with Crippen LogP contribution in [0, 0.1) is 0 Å². The van der Waals surface area contributed by atoms with Crippen molar-refractivity contribution in [3.63, 3.8) is 0 Å². The van der Waals surface area contributed by atoms with Crippen LogP contribution in [-0.4, -0.2) is 44.5 Å². The number of hydrogen-bond donors (Lipinski definition) is 1. The van der Waals surface area contributed by atoms with E-state index in [2.05, 4.69) is 5.32 Å². The topological polar surface area (TPSA) is 67.9 Å². The van der Waals surface area contributed by atoms with E-state index in [1.54, 1.807) is 51.5 Å². The Kier molecular flexibility index (Phi) is 8.74. The third-order valence-electron chi connectivity index (χ3n) is 4.20. The maximum Gasteiger partial charge on any atom is 0.253 e. The third-order valence-corrected chi connectivity index (χ3v) is 4.48. The molecule has 6 nitrogen and oxygen atoms in total. The van der Waals surface area contributed by atoms with Crippen molar-refractivity contribution in [2.24, 2.45) is 0 Å². The van der Waals surface area contributed by atoms with Crippen LogP contribution in [0.4, 0.5) is 0 Å². The fraction of sp³-hybridized carbons (Fsp3) is 0.304. The van der Waals surface area contributed by atoms with E-state index >= 15 is 0 Å². The van der Waals surface area contributed by atoms with Crippen molar-refractivity contribution in [2.45, 2.75) is 19.9 Å². The molecule has 0 aliphatic rings. The molecular formula is C23H27ClN2O4. The minimum absolute atomic E-state index is 0.0614. The van der Waals surface area contributed by atoms with E-state index in [-0.39, 0.29) is 11.8 Å². The molecule has 2 rings (SSSR count). The summed E-state index contributed by atoms with van der Waals surface area (Å²) in [5, 5.41) is 3.24. The lowest BCUT2D eigenvalue weighted by molar-refractivity contribution is -0.116. The third kappa shape index (κ3) is 6.52. The molecule has 0 heterocycles. The molecule has 0 radical (unpaired) electrons. The van der Waals surface area contributed by atoms with E-state index in [0.717, 1.165) is 17.5 Å². The van der Waals surface area contributed by atoms with Crippen LogP contribution in [0.2, 0.25) is 5.02 Å². The van der Waals surface area contributed by atoms with E-state index in [0.29, 0.717) is 35.2 Å². The largest absolute Gasteiger partial charge is 0.493 e. The molecule has 160 valence electrons. The first kappa shape index (κ1) is 23.3. The number of hydrogen-bond acceptors (Lipinski definition) is 4. The number of halogens is 1. The molecule has 0 atom stereocenters. The molecule has 0 bridgehead atoms. The fourth-order valence-electron chi connectivity index (χ4n) is 2.62. The monoisotopic (exact) mass is 430 g/mol. The van der Waals surface area contributed by atoms with Gasteiger partial charge in [0.2, 0.25) is 5.91 Å². The first-order valence-electron chi connectivity index (χ1n) is 9.62. The summed E-state index contributed by atoms with van der Waals surface area (Å²) in [6.45, 7) is 2.90. The van der Waals surface area contributed by atoms with Gasteiger partial charge in [0, 0.05) is 32.3 Å². The zero-order valence-corrected chi connectivity index (χ0v) is 18.5. The maximum absolute atomic E-state index is 12.2. The normalized spacial score (nSPS) is 10.7. The lowest BCUT2D eigenvalue weighted by Gasteiger charge is -2.12. The Morgan fingerprint density at radius 3 is 2.47 bits per heavy atom. The van der Waals surface area contributed by atoms with Crippen molar-refractivity contribution in [3.8, 4) is 11.5 Å². The van der Waals surface area contributed by atoms with Gasteiger partial charge in [-0.15, -0.1) is 0 Å². The minimum Gasteiger partial charge on any atom is -0.493 e. The van der Waals surface area contributed by atoms with E-state index in [4.69, 9.17) is 21.1 Å². The predicted molar refractivity (Wildman–Crippen MR) is 119 cm³/mol. The molecule has 2 aromatic rings. The van der Waals surface area contributed by atoms with Gasteiger partial charge in [0.25, 0.3) is 5.91 Å². The lowest BCUT2D eigenvalue weighted by Crippen LogP contribution is -2.22. The highest BCUT2D eigenvalue weighted by Crippen LogP contribution is 2.36. The Balaban J connectivity index is 1.97. The van der Waals surface area contributed by atoms with Crippen LogP contribution in [0.3, 0.4) is 0 Å². The number of benzene rings is 2. The molecule has 0 unspecified atom stereocenters. The first-order chi connectivity index (χ1) is 14.3. The SMILES string of the molecule is CCCOc1c(Cl)cc(/C=C/C(=O)NCc2ccc(C(=O)N(C)C)cc2)cc1OC. The van der Waals surface area contributed by atoms with E-state index in [9.17, 15) is 9.59 Å². The second kappa shape index (κ2) is 11.3. The van der Waals surface area contributed by atoms with Crippen LogP contribution in [0.5, 0.6) is 11.5 Å². The number of rotatable bonds is 9. The van der Waals surface area contributed by atoms with Gasteiger partial charge < -0.3 is 19.7 Å². The van der Waals surface area contributed by atoms with Gasteiger partial charge in [-0.25, -0.2) is 0 Å². The molecule has 7 heteroatoms. The van der Waals surface area contributed by atoms with Crippen LogP contribution in [0.15, 0.2) is 42.5 Å². The number of nitrogens with one attached hydrogen (secondary N) is 1. The van der Waals surface area contributed by atoms with Gasteiger partial charge in [0.05, 0.1) is 18.7 Å². The number of carbonyl (C=O) groups excluding carboxylic acids is 2. The summed E-state index contributed by atoms with van der Waals surface area (Å²) in [7, 11) is 4.96. The zero-order chi connectivity index (χ0) is 22.1. The summed E-state index contributed by atoms with van der Waals surface area (Å²) in [6.07, 6.45) is 3.95. The number of ether oxygens (including phenoxy) is 2. The van der Waals surface area contributed by atoms with E-state index < -0.39 is 0 Å². The lowest BCUT2D eigenvalue weighted by atomic mass is 10.1. The maximum atomic E-state index is 12.2. The van der Waals surface area contributed by atoms with Gasteiger partial charge in [-0.2, -0.15) is 0 Å². The molecule has 0 aliphatic heterocycles. The van der Waals surface area contributed by atoms with Crippen LogP contribution in [0.1, 0.15) is 34.8 Å². The molecule has 30 heavy (non-hydrogen) atoms. The van der Waals surface area contributed by atoms with Gasteiger partial charge in [0.15, 0.2) is 11.5 Å². The standard InChI is InChI=1S/C23H27ClN2O4/c1-5-12-30-22-19(24)13-17(14-20(22)29-4)8-11-21(27)25-15-16-6-9-18(10-7-16)23(28)26(2)3/h6-11,13-14H,5,12,15H2,1-4H3,(H,25,27)/b11-8+. The summed E-state index contributed by atoms with van der Waals surface area (Å²) < 4.78 is 11.0. The fourth-order valence-corrected chi connectivity index (χ4v) is 2.90. The molecule has 0 saturated heterocycles. The number of nitrogens with zero attached hydrogens (tertiary/aromatic N) is 1. The quantitative estimate of drug-likeness (QED) is 0.606. The Labute approximate surface area is 182 Å². The Morgan fingerprint density at radius 2 is 1.87 bits per heavy atom. The Morgan fingerprint density at radius 1 is 1.17 bits per heavy atom. The highest BCUT2D eigenvalue weighted by Gasteiger charge is 2.11. The molecule has 0 saturated carbocycles. The summed E-state index contributed by atoms with van der Waals surface area (Å²) in [4.78, 5) is 25.6. The van der Waals surface area contributed by atoms with Crippen LogP contribution < -0.4 is 14.8 Å². The van der Waals surface area contributed by atoms with Gasteiger partial charge >= 0.3 is 0 Å². The summed E-state index contributed by atoms with van der Waals surface area (Å²) in [6, 6.07) is 10.6. The Bertz CT molecular complexity index is 908. The van der Waals surface area contributed by atoms with Crippen LogP contribution in [-0.2, 0) is 11.3 Å². The van der Waals surface area contributed by atoms with Crippen molar-refractivity contribution < 1.29 is 19.1 Å². The average Bonchev–Trinajstić information content (AvgIpc) is 2.74. The van der Waals surface area contributed by atoms with Crippen LogP contribution >= 0.6 is 11.6 Å². The molecule has 1 N–H and O–H groups in total. The van der Waals surface area contributed by atoms with Crippen molar-refractivity contribution >= 4 is 29.5 Å². The van der Waals surface area contributed by atoms with Crippen molar-refractivity contribution in [1.29, 1.82) is 0 Å². The smallest absolute Gasteiger partial charge is 0.253 e. The molecule has 0 aliphatic carbocycles. The van der Waals surface area contributed by atoms with Crippen LogP contribution in [0.25, 0.3) is 6.08 Å².